The minimum atomic E-state index is -0.546. The van der Waals surface area contributed by atoms with Crippen LogP contribution < -0.4 is 10.2 Å². The lowest BCUT2D eigenvalue weighted by Crippen LogP contribution is -2.29. The van der Waals surface area contributed by atoms with Crippen LogP contribution in [0.1, 0.15) is 43.0 Å². The van der Waals surface area contributed by atoms with Crippen molar-refractivity contribution >= 4 is 23.5 Å². The third-order valence-corrected chi connectivity index (χ3v) is 3.67. The second-order valence-electron chi connectivity index (χ2n) is 5.48. The summed E-state index contributed by atoms with van der Waals surface area (Å²) in [4.78, 5) is 36.8. The zero-order valence-corrected chi connectivity index (χ0v) is 13.3. The van der Waals surface area contributed by atoms with Gasteiger partial charge in [-0.15, -0.1) is 0 Å². The summed E-state index contributed by atoms with van der Waals surface area (Å²) < 4.78 is 4.98. The molecule has 23 heavy (non-hydrogen) atoms. The number of unbranched alkanes of at least 4 members (excludes halogenated alkanes) is 1. The van der Waals surface area contributed by atoms with Crippen molar-refractivity contribution in [2.75, 3.05) is 24.6 Å². The first-order valence-electron chi connectivity index (χ1n) is 7.96. The molecule has 0 bridgehead atoms. The maximum Gasteiger partial charge on any atom is 0.338 e. The van der Waals surface area contributed by atoms with E-state index < -0.39 is 5.97 Å². The normalized spacial score (nSPS) is 14.0. The highest BCUT2D eigenvalue weighted by atomic mass is 16.5. The van der Waals surface area contributed by atoms with E-state index in [4.69, 9.17) is 4.74 Å². The Morgan fingerprint density at radius 2 is 2.00 bits per heavy atom. The van der Waals surface area contributed by atoms with Gasteiger partial charge in [0, 0.05) is 25.2 Å². The average molecular weight is 318 g/mol. The van der Waals surface area contributed by atoms with Crippen molar-refractivity contribution in [3.05, 3.63) is 29.8 Å². The fraction of sp³-hybridized carbons (Fsp3) is 0.471. The minimum absolute atomic E-state index is 0.101. The largest absolute Gasteiger partial charge is 0.452 e. The number of carbonyl (C=O) groups is 3. The van der Waals surface area contributed by atoms with Crippen molar-refractivity contribution in [1.29, 1.82) is 0 Å². The van der Waals surface area contributed by atoms with E-state index in [1.54, 1.807) is 29.2 Å². The molecule has 1 heterocycles. The topological polar surface area (TPSA) is 75.7 Å². The van der Waals surface area contributed by atoms with Gasteiger partial charge < -0.3 is 15.0 Å². The first-order valence-corrected chi connectivity index (χ1v) is 7.96. The summed E-state index contributed by atoms with van der Waals surface area (Å²) in [5.41, 5.74) is 1.14. The maximum absolute atomic E-state index is 11.9. The fourth-order valence-electron chi connectivity index (χ4n) is 2.37. The lowest BCUT2D eigenvalue weighted by molar-refractivity contribution is -0.124. The highest BCUT2D eigenvalue weighted by molar-refractivity contribution is 5.96. The zero-order chi connectivity index (χ0) is 16.7. The van der Waals surface area contributed by atoms with E-state index in [0.717, 1.165) is 24.9 Å². The van der Waals surface area contributed by atoms with E-state index in [-0.39, 0.29) is 18.4 Å². The molecule has 0 atom stereocenters. The van der Waals surface area contributed by atoms with Gasteiger partial charge in [-0.05, 0) is 37.1 Å². The number of anilines is 1. The fourth-order valence-corrected chi connectivity index (χ4v) is 2.37. The van der Waals surface area contributed by atoms with E-state index in [1.165, 1.54) is 0 Å². The number of ether oxygens (including phenoxy) is 1. The monoisotopic (exact) mass is 318 g/mol. The van der Waals surface area contributed by atoms with Gasteiger partial charge in [-0.2, -0.15) is 0 Å². The lowest BCUT2D eigenvalue weighted by Gasteiger charge is -2.15. The van der Waals surface area contributed by atoms with Crippen LogP contribution in [0, 0.1) is 0 Å². The van der Waals surface area contributed by atoms with Crippen LogP contribution >= 0.6 is 0 Å². The van der Waals surface area contributed by atoms with Crippen LogP contribution in [-0.2, 0) is 14.3 Å². The molecule has 6 heteroatoms. The van der Waals surface area contributed by atoms with Crippen LogP contribution in [0.3, 0.4) is 0 Å². The summed E-state index contributed by atoms with van der Waals surface area (Å²) in [6.07, 6.45) is 3.31. The first-order chi connectivity index (χ1) is 11.1. The number of nitrogens with zero attached hydrogens (tertiary/aromatic N) is 1. The van der Waals surface area contributed by atoms with E-state index >= 15 is 0 Å². The first kappa shape index (κ1) is 17.0. The summed E-state index contributed by atoms with van der Waals surface area (Å²) >= 11 is 0. The van der Waals surface area contributed by atoms with Crippen molar-refractivity contribution < 1.29 is 19.1 Å². The molecular formula is C17H22N2O4. The SMILES string of the molecule is CCCCNC(=O)COC(=O)c1ccc(N2CCCC2=O)cc1. The Morgan fingerprint density at radius 3 is 2.61 bits per heavy atom. The molecule has 0 aliphatic carbocycles. The number of esters is 1. The predicted octanol–water partition coefficient (Wildman–Crippen LogP) is 1.89. The van der Waals surface area contributed by atoms with Gasteiger partial charge in [0.15, 0.2) is 6.61 Å². The average Bonchev–Trinajstić information content (AvgIpc) is 2.99. The molecule has 1 N–H and O–H groups in total. The molecule has 124 valence electrons. The second-order valence-corrected chi connectivity index (χ2v) is 5.48. The minimum Gasteiger partial charge on any atom is -0.452 e. The molecule has 1 fully saturated rings. The van der Waals surface area contributed by atoms with Crippen molar-refractivity contribution in [3.63, 3.8) is 0 Å². The molecule has 0 aromatic heterocycles. The molecule has 0 unspecified atom stereocenters. The van der Waals surface area contributed by atoms with Gasteiger partial charge in [0.25, 0.3) is 5.91 Å². The van der Waals surface area contributed by atoms with Crippen LogP contribution in [0.25, 0.3) is 0 Å². The van der Waals surface area contributed by atoms with E-state index in [0.29, 0.717) is 25.1 Å². The van der Waals surface area contributed by atoms with Gasteiger partial charge in [-0.1, -0.05) is 13.3 Å². The molecule has 6 nitrogen and oxygen atoms in total. The molecule has 2 rings (SSSR count). The highest BCUT2D eigenvalue weighted by Gasteiger charge is 2.21. The molecule has 1 aromatic carbocycles. The number of benzene rings is 1. The van der Waals surface area contributed by atoms with Gasteiger partial charge in [0.2, 0.25) is 5.91 Å². The zero-order valence-electron chi connectivity index (χ0n) is 13.3. The molecule has 2 amide bonds. The summed E-state index contributed by atoms with van der Waals surface area (Å²) in [5.74, 6) is -0.745. The number of hydrogen-bond donors (Lipinski definition) is 1. The number of amides is 2. The third-order valence-electron chi connectivity index (χ3n) is 3.67. The summed E-state index contributed by atoms with van der Waals surface area (Å²) in [7, 11) is 0. The summed E-state index contributed by atoms with van der Waals surface area (Å²) in [5, 5.41) is 2.68. The Kier molecular flexibility index (Phi) is 6.14. The summed E-state index contributed by atoms with van der Waals surface area (Å²) in [6.45, 7) is 3.05. The Bertz CT molecular complexity index is 568. The van der Waals surface area contributed by atoms with Gasteiger partial charge in [-0.3, -0.25) is 9.59 Å². The van der Waals surface area contributed by atoms with Crippen LogP contribution in [-0.4, -0.2) is 37.5 Å². The molecule has 1 aromatic rings. The highest BCUT2D eigenvalue weighted by Crippen LogP contribution is 2.21. The molecular weight excluding hydrogens is 296 g/mol. The quantitative estimate of drug-likeness (QED) is 0.615. The Labute approximate surface area is 135 Å². The van der Waals surface area contributed by atoms with E-state index in [9.17, 15) is 14.4 Å². The standard InChI is InChI=1S/C17H22N2O4/c1-2-3-10-18-15(20)12-23-17(22)13-6-8-14(9-7-13)19-11-4-5-16(19)21/h6-9H,2-5,10-12H2,1H3,(H,18,20). The molecule has 0 saturated carbocycles. The lowest BCUT2D eigenvalue weighted by atomic mass is 10.2. The number of carbonyl (C=O) groups excluding carboxylic acids is 3. The van der Waals surface area contributed by atoms with Crippen molar-refractivity contribution in [3.8, 4) is 0 Å². The number of nitrogens with one attached hydrogen (secondary N) is 1. The van der Waals surface area contributed by atoms with E-state index in [2.05, 4.69) is 5.32 Å². The van der Waals surface area contributed by atoms with Crippen LogP contribution in [0.5, 0.6) is 0 Å². The maximum atomic E-state index is 11.9. The Morgan fingerprint density at radius 1 is 1.26 bits per heavy atom. The Balaban J connectivity index is 1.83. The second kappa shape index (κ2) is 8.31. The predicted molar refractivity (Wildman–Crippen MR) is 86.2 cm³/mol. The van der Waals surface area contributed by atoms with Crippen molar-refractivity contribution in [2.24, 2.45) is 0 Å². The number of rotatable bonds is 7. The number of hydrogen-bond acceptors (Lipinski definition) is 4. The van der Waals surface area contributed by atoms with Gasteiger partial charge in [0.05, 0.1) is 5.56 Å². The molecule has 0 spiro atoms. The van der Waals surface area contributed by atoms with Crippen molar-refractivity contribution in [1.82, 2.24) is 5.32 Å². The van der Waals surface area contributed by atoms with Gasteiger partial charge >= 0.3 is 5.97 Å². The smallest absolute Gasteiger partial charge is 0.338 e. The Hall–Kier alpha value is -2.37. The van der Waals surface area contributed by atoms with Crippen LogP contribution in [0.4, 0.5) is 5.69 Å². The van der Waals surface area contributed by atoms with Gasteiger partial charge in [-0.25, -0.2) is 4.79 Å². The summed E-state index contributed by atoms with van der Waals surface area (Å²) in [6, 6.07) is 6.67. The molecule has 0 radical (unpaired) electrons. The molecule has 1 aliphatic rings. The molecule has 1 saturated heterocycles. The van der Waals surface area contributed by atoms with Crippen molar-refractivity contribution in [2.45, 2.75) is 32.6 Å². The molecule has 1 aliphatic heterocycles. The van der Waals surface area contributed by atoms with Crippen LogP contribution in [0.2, 0.25) is 0 Å². The van der Waals surface area contributed by atoms with Crippen LogP contribution in [0.15, 0.2) is 24.3 Å². The van der Waals surface area contributed by atoms with Gasteiger partial charge in [0.1, 0.15) is 0 Å². The third kappa shape index (κ3) is 4.81. The van der Waals surface area contributed by atoms with E-state index in [1.807, 2.05) is 6.92 Å².